The van der Waals surface area contributed by atoms with E-state index in [0.29, 0.717) is 16.8 Å². The van der Waals surface area contributed by atoms with Crippen LogP contribution in [-0.2, 0) is 4.79 Å². The molecule has 0 radical (unpaired) electrons. The van der Waals surface area contributed by atoms with E-state index >= 15 is 0 Å². The Morgan fingerprint density at radius 2 is 2.58 bits per heavy atom. The molecule has 5 heteroatoms. The number of carbonyl (C=O) groups excluding carboxylic acids is 1. The third kappa shape index (κ3) is 3.04. The lowest BCUT2D eigenvalue weighted by molar-refractivity contribution is -0.116. The highest BCUT2D eigenvalue weighted by molar-refractivity contribution is 8.15. The molecule has 0 atom stereocenters. The molecule has 0 saturated carbocycles. The van der Waals surface area contributed by atoms with E-state index < -0.39 is 0 Å². The Morgan fingerprint density at radius 3 is 3.08 bits per heavy atom. The Labute approximate surface area is 77.0 Å². The van der Waals surface area contributed by atoms with Gasteiger partial charge >= 0.3 is 0 Å². The van der Waals surface area contributed by atoms with Gasteiger partial charge in [0.15, 0.2) is 6.58 Å². The van der Waals surface area contributed by atoms with E-state index in [0.717, 1.165) is 5.31 Å². The molecule has 1 N–H and O–H groups in total. The van der Waals surface area contributed by atoms with Crippen molar-refractivity contribution >= 4 is 29.1 Å². The maximum Gasteiger partial charge on any atom is 0.236 e. The van der Waals surface area contributed by atoms with Gasteiger partial charge in [-0.3, -0.25) is 4.79 Å². The van der Waals surface area contributed by atoms with Crippen molar-refractivity contribution in [3.05, 3.63) is 0 Å². The number of thioether (sulfide) groups is 1. The number of rotatable bonds is 2. The zero-order valence-corrected chi connectivity index (χ0v) is 7.84. The number of amides is 1. The molecule has 0 aliphatic carbocycles. The van der Waals surface area contributed by atoms with Crippen LogP contribution in [0.4, 0.5) is 0 Å². The minimum atomic E-state index is -0.247. The first kappa shape index (κ1) is 7.79. The average molecular weight is 186 g/mol. The van der Waals surface area contributed by atoms with E-state index in [-0.39, 0.29) is 5.91 Å². The largest absolute Gasteiger partial charge is 0.303 e. The van der Waals surface area contributed by atoms with Gasteiger partial charge in [0.25, 0.3) is 0 Å². The van der Waals surface area contributed by atoms with Gasteiger partial charge in [-0.1, -0.05) is 25.6 Å². The molecule has 1 aliphatic rings. The summed E-state index contributed by atoms with van der Waals surface area (Å²) in [6, 6.07) is 0. The van der Waals surface area contributed by atoms with Gasteiger partial charge in [-0.15, -0.1) is 5.10 Å². The van der Waals surface area contributed by atoms with Crippen molar-refractivity contribution in [2.24, 2.45) is 16.1 Å². The second-order valence-corrected chi connectivity index (χ2v) is 3.63. The van der Waals surface area contributed by atoms with Crippen LogP contribution < -0.4 is 5.31 Å². The summed E-state index contributed by atoms with van der Waals surface area (Å²) in [4.78, 5) is 10.9. The van der Waals surface area contributed by atoms with Gasteiger partial charge < -0.3 is 5.31 Å². The summed E-state index contributed by atoms with van der Waals surface area (Å²) in [5.41, 5.74) is 0. The molecule has 1 fully saturated rings. The van der Waals surface area contributed by atoms with Crippen molar-refractivity contribution in [2.75, 3.05) is 5.75 Å². The van der Waals surface area contributed by atoms with Crippen LogP contribution in [0.2, 0.25) is 1.41 Å². The molecule has 0 bridgehead atoms. The summed E-state index contributed by atoms with van der Waals surface area (Å²) in [5, 5.41) is 8.66. The van der Waals surface area contributed by atoms with Gasteiger partial charge in [-0.05, 0) is 5.92 Å². The van der Waals surface area contributed by atoms with Crippen molar-refractivity contribution in [2.45, 2.75) is 13.8 Å². The normalized spacial score (nSPS) is 23.2. The molecule has 12 heavy (non-hydrogen) atoms. The van der Waals surface area contributed by atoms with E-state index in [2.05, 4.69) is 10.2 Å². The molecular formula is C7H11N3OS. The molecule has 1 rings (SSSR count). The zero-order chi connectivity index (χ0) is 9.84. The maximum absolute atomic E-state index is 10.9. The third-order valence-corrected chi connectivity index (χ3v) is 1.88. The minimum absolute atomic E-state index is 0.247. The summed E-state index contributed by atoms with van der Waals surface area (Å²) < 4.78 is 7.24. The molecular weight excluding hydrogens is 174 g/mol. The molecule has 0 spiro atoms. The zero-order valence-electron chi connectivity index (χ0n) is 8.02. The number of amidine groups is 1. The fraction of sp³-hybridized carbons (Fsp3) is 0.571. The van der Waals surface area contributed by atoms with Crippen LogP contribution >= 0.6 is 11.8 Å². The maximum atomic E-state index is 10.9. The van der Waals surface area contributed by atoms with Gasteiger partial charge in [-0.25, -0.2) is 0 Å². The Morgan fingerprint density at radius 1 is 1.83 bits per heavy atom. The average Bonchev–Trinajstić information content (AvgIpc) is 2.35. The Kier molecular flexibility index (Phi) is 2.76. The van der Waals surface area contributed by atoms with Crippen LogP contribution in [0.15, 0.2) is 10.2 Å². The van der Waals surface area contributed by atoms with Crippen molar-refractivity contribution < 1.29 is 6.21 Å². The van der Waals surface area contributed by atoms with Crippen LogP contribution in [-0.4, -0.2) is 23.0 Å². The van der Waals surface area contributed by atoms with Crippen LogP contribution in [0.1, 0.15) is 13.8 Å². The lowest BCUT2D eigenvalue weighted by Gasteiger charge is -1.91. The highest BCUT2D eigenvalue weighted by Crippen LogP contribution is 2.08. The van der Waals surface area contributed by atoms with Crippen LogP contribution in [0.25, 0.3) is 0 Å². The Hall–Kier alpha value is -0.840. The monoisotopic (exact) mass is 186 g/mol. The third-order valence-electron chi connectivity index (χ3n) is 1.05. The standard InChI is InChI=1S/C7H11N3OS/c1-5(2)3-8-10-7-9-6(11)4-12-7/h3,5H,4H2,1-2H3,(H,9,10,11)/b8-3+/i/hD. The van der Waals surface area contributed by atoms with Gasteiger partial charge in [0.05, 0.1) is 5.75 Å². The van der Waals surface area contributed by atoms with Crippen LogP contribution in [0, 0.1) is 5.92 Å². The Bertz CT molecular complexity index is 264. The van der Waals surface area contributed by atoms with Crippen molar-refractivity contribution in [3.63, 3.8) is 0 Å². The molecule has 4 nitrogen and oxygen atoms in total. The first-order chi connectivity index (χ1) is 6.11. The number of hydrogen-bond acceptors (Lipinski definition) is 4. The summed E-state index contributed by atoms with van der Waals surface area (Å²) in [6.07, 6.45) is 1.67. The highest BCUT2D eigenvalue weighted by Gasteiger charge is 2.15. The van der Waals surface area contributed by atoms with Gasteiger partial charge in [-0.2, -0.15) is 5.10 Å². The lowest BCUT2D eigenvalue weighted by Crippen LogP contribution is -2.19. The predicted octanol–water partition coefficient (Wildman–Crippen LogP) is 0.847. The molecule has 1 saturated heterocycles. The van der Waals surface area contributed by atoms with E-state index in [9.17, 15) is 4.79 Å². The van der Waals surface area contributed by atoms with Crippen molar-refractivity contribution in [1.29, 1.82) is 0 Å². The number of nitrogens with one attached hydrogen (secondary N) is 1. The first-order valence-corrected chi connectivity index (χ1v) is 4.65. The van der Waals surface area contributed by atoms with Crippen molar-refractivity contribution in [1.82, 2.24) is 5.31 Å². The van der Waals surface area contributed by atoms with Gasteiger partial charge in [0.1, 0.15) is 0 Å². The fourth-order valence-corrected chi connectivity index (χ4v) is 1.15. The smallest absolute Gasteiger partial charge is 0.236 e. The molecule has 0 unspecified atom stereocenters. The molecule has 66 valence electrons. The summed E-state index contributed by atoms with van der Waals surface area (Å²) >= 11 is 1.24. The van der Waals surface area contributed by atoms with E-state index in [1.165, 1.54) is 11.8 Å². The molecule has 1 aliphatic heterocycles. The van der Waals surface area contributed by atoms with Crippen LogP contribution in [0.5, 0.6) is 0 Å². The first-order valence-electron chi connectivity index (χ1n) is 4.11. The van der Waals surface area contributed by atoms with E-state index in [1.807, 2.05) is 13.8 Å². The van der Waals surface area contributed by atoms with Crippen molar-refractivity contribution in [3.8, 4) is 0 Å². The second kappa shape index (κ2) is 4.25. The van der Waals surface area contributed by atoms with Crippen LogP contribution in [0.3, 0.4) is 0 Å². The molecule has 1 heterocycles. The summed E-state index contributed by atoms with van der Waals surface area (Å²) in [7, 11) is 0. The molecule has 0 aromatic carbocycles. The quantitative estimate of drug-likeness (QED) is 0.513. The summed E-state index contributed by atoms with van der Waals surface area (Å²) in [5.74, 6) is 0.369. The number of hydrogen-bond donors (Lipinski definition) is 1. The number of nitrogens with zero attached hydrogens (tertiary/aromatic N) is 2. The van der Waals surface area contributed by atoms with E-state index in [4.69, 9.17) is 1.41 Å². The molecule has 1 amide bonds. The second-order valence-electron chi connectivity index (χ2n) is 2.69. The summed E-state index contributed by atoms with van der Waals surface area (Å²) in [6.45, 7) is 3.96. The molecule has 0 aromatic heterocycles. The number of carbonyl (C=O) groups is 1. The predicted molar refractivity (Wildman–Crippen MR) is 51.4 cm³/mol. The molecule has 0 aromatic rings. The fourth-order valence-electron chi connectivity index (χ4n) is 0.565. The van der Waals surface area contributed by atoms with Gasteiger partial charge in [0, 0.05) is 6.21 Å². The van der Waals surface area contributed by atoms with Gasteiger partial charge in [0.2, 0.25) is 5.91 Å². The Balaban J connectivity index is 2.58. The lowest BCUT2D eigenvalue weighted by atomic mass is 10.3. The minimum Gasteiger partial charge on any atom is -0.303 e. The topological polar surface area (TPSA) is 53.8 Å². The highest BCUT2D eigenvalue weighted by atomic mass is 32.2. The van der Waals surface area contributed by atoms with E-state index in [1.54, 1.807) is 6.21 Å². The SMILES string of the molecule is [2H]N1C(=O)CS/C1=N\N=C\C(C)C.